The molecule has 120 valence electrons. The normalized spacial score (nSPS) is 13.7. The van der Waals surface area contributed by atoms with Crippen molar-refractivity contribution in [3.8, 4) is 10.4 Å². The first kappa shape index (κ1) is 15.5. The van der Waals surface area contributed by atoms with E-state index in [4.69, 9.17) is 11.5 Å². The van der Waals surface area contributed by atoms with Crippen LogP contribution in [0, 0.1) is 0 Å². The third-order valence-electron chi connectivity index (χ3n) is 3.64. The molecule has 6 nitrogen and oxygen atoms in total. The van der Waals surface area contributed by atoms with Crippen LogP contribution in [0.25, 0.3) is 10.4 Å². The molecule has 2 aromatic rings. The molecule has 3 rings (SSSR count). The number of primary amides is 2. The Kier molecular flexibility index (Phi) is 4.31. The number of thiophene rings is 1. The van der Waals surface area contributed by atoms with Crippen LogP contribution in [0.4, 0.5) is 9.80 Å². The van der Waals surface area contributed by atoms with Gasteiger partial charge in [-0.1, -0.05) is 24.3 Å². The summed E-state index contributed by atoms with van der Waals surface area (Å²) in [6, 6.07) is 9.72. The number of hydrogen-bond acceptors (Lipinski definition) is 4. The molecular weight excluding hydrogens is 312 g/mol. The molecule has 0 aliphatic heterocycles. The molecule has 1 aromatic carbocycles. The zero-order chi connectivity index (χ0) is 16.4. The molecule has 6 N–H and O–H groups in total. The predicted molar refractivity (Wildman–Crippen MR) is 91.3 cm³/mol. The van der Waals surface area contributed by atoms with E-state index in [1.807, 2.05) is 12.1 Å². The van der Waals surface area contributed by atoms with Gasteiger partial charge in [-0.2, -0.15) is 0 Å². The molecule has 1 fully saturated rings. The first-order chi connectivity index (χ1) is 11.0. The first-order valence-corrected chi connectivity index (χ1v) is 8.17. The SMILES string of the molecule is NC(=O)Nc1sc(-c2ccc(CNC3CC3)cc2)cc1C(N)=O. The van der Waals surface area contributed by atoms with E-state index in [1.165, 1.54) is 29.7 Å². The van der Waals surface area contributed by atoms with E-state index >= 15 is 0 Å². The van der Waals surface area contributed by atoms with E-state index in [0.717, 1.165) is 17.0 Å². The van der Waals surface area contributed by atoms with Crippen molar-refractivity contribution in [2.24, 2.45) is 11.5 Å². The second-order valence-corrected chi connectivity index (χ2v) is 6.61. The zero-order valence-electron chi connectivity index (χ0n) is 12.5. The summed E-state index contributed by atoms with van der Waals surface area (Å²) in [6.45, 7) is 0.858. The molecular formula is C16H18N4O2S. The quantitative estimate of drug-likeness (QED) is 0.652. The molecule has 23 heavy (non-hydrogen) atoms. The molecule has 1 aliphatic rings. The topological polar surface area (TPSA) is 110 Å². The Labute approximate surface area is 137 Å². The third kappa shape index (κ3) is 3.88. The van der Waals surface area contributed by atoms with Crippen molar-refractivity contribution >= 4 is 28.3 Å². The fourth-order valence-corrected chi connectivity index (χ4v) is 3.33. The van der Waals surface area contributed by atoms with Gasteiger partial charge in [0.15, 0.2) is 0 Å². The molecule has 0 bridgehead atoms. The van der Waals surface area contributed by atoms with Crippen molar-refractivity contribution in [3.63, 3.8) is 0 Å². The molecule has 0 saturated heterocycles. The Morgan fingerprint density at radius 3 is 2.43 bits per heavy atom. The maximum Gasteiger partial charge on any atom is 0.317 e. The van der Waals surface area contributed by atoms with E-state index < -0.39 is 11.9 Å². The fraction of sp³-hybridized carbons (Fsp3) is 0.250. The fourth-order valence-electron chi connectivity index (χ4n) is 2.26. The summed E-state index contributed by atoms with van der Waals surface area (Å²) >= 11 is 1.27. The Hall–Kier alpha value is -2.38. The van der Waals surface area contributed by atoms with Gasteiger partial charge in [0.05, 0.1) is 5.56 Å². The standard InChI is InChI=1S/C16H18N4O2S/c17-14(21)12-7-13(23-15(12)20-16(18)22)10-3-1-9(2-4-10)8-19-11-5-6-11/h1-4,7,11,19H,5-6,8H2,(H2,17,21)(H3,18,20,22). The average Bonchev–Trinajstić information content (AvgIpc) is 3.24. The highest BCUT2D eigenvalue weighted by molar-refractivity contribution is 7.20. The molecule has 1 aliphatic carbocycles. The lowest BCUT2D eigenvalue weighted by molar-refractivity contribution is 0.100. The predicted octanol–water partition coefficient (Wildman–Crippen LogP) is 2.26. The minimum Gasteiger partial charge on any atom is -0.366 e. The molecule has 1 heterocycles. The van der Waals surface area contributed by atoms with E-state index in [1.54, 1.807) is 6.07 Å². The van der Waals surface area contributed by atoms with E-state index in [0.29, 0.717) is 11.0 Å². The Morgan fingerprint density at radius 2 is 1.87 bits per heavy atom. The maximum absolute atomic E-state index is 11.5. The third-order valence-corrected chi connectivity index (χ3v) is 4.74. The summed E-state index contributed by atoms with van der Waals surface area (Å²) in [5, 5.41) is 6.28. The van der Waals surface area contributed by atoms with Crippen LogP contribution in [-0.4, -0.2) is 18.0 Å². The Morgan fingerprint density at radius 1 is 1.17 bits per heavy atom. The summed E-state index contributed by atoms with van der Waals surface area (Å²) in [5.41, 5.74) is 12.9. The highest BCUT2D eigenvalue weighted by Gasteiger charge is 2.20. The van der Waals surface area contributed by atoms with Gasteiger partial charge in [0, 0.05) is 17.5 Å². The van der Waals surface area contributed by atoms with Crippen LogP contribution in [-0.2, 0) is 6.54 Å². The molecule has 3 amide bonds. The van der Waals surface area contributed by atoms with Crippen LogP contribution < -0.4 is 22.1 Å². The average molecular weight is 330 g/mol. The summed E-state index contributed by atoms with van der Waals surface area (Å²) in [7, 11) is 0. The summed E-state index contributed by atoms with van der Waals surface area (Å²) < 4.78 is 0. The van der Waals surface area contributed by atoms with Crippen molar-refractivity contribution in [3.05, 3.63) is 41.5 Å². The van der Waals surface area contributed by atoms with Crippen molar-refractivity contribution in [1.29, 1.82) is 0 Å². The minimum atomic E-state index is -0.720. The molecule has 0 radical (unpaired) electrons. The molecule has 1 aromatic heterocycles. The summed E-state index contributed by atoms with van der Waals surface area (Å²) in [4.78, 5) is 23.4. The maximum atomic E-state index is 11.5. The van der Waals surface area contributed by atoms with Gasteiger partial charge in [0.2, 0.25) is 0 Å². The number of benzene rings is 1. The lowest BCUT2D eigenvalue weighted by Crippen LogP contribution is -2.21. The number of urea groups is 1. The molecule has 0 atom stereocenters. The van der Waals surface area contributed by atoms with E-state index in [2.05, 4.69) is 22.8 Å². The lowest BCUT2D eigenvalue weighted by Gasteiger charge is -2.04. The van der Waals surface area contributed by atoms with Crippen LogP contribution in [0.5, 0.6) is 0 Å². The summed E-state index contributed by atoms with van der Waals surface area (Å²) in [6.07, 6.45) is 2.53. The number of anilines is 1. The number of amides is 3. The van der Waals surface area contributed by atoms with Crippen molar-refractivity contribution < 1.29 is 9.59 Å². The number of carbonyl (C=O) groups excluding carboxylic acids is 2. The molecule has 1 saturated carbocycles. The van der Waals surface area contributed by atoms with Crippen LogP contribution in [0.15, 0.2) is 30.3 Å². The lowest BCUT2D eigenvalue weighted by atomic mass is 10.1. The van der Waals surface area contributed by atoms with Crippen LogP contribution in [0.3, 0.4) is 0 Å². The zero-order valence-corrected chi connectivity index (χ0v) is 13.3. The number of nitrogens with one attached hydrogen (secondary N) is 2. The van der Waals surface area contributed by atoms with E-state index in [9.17, 15) is 9.59 Å². The first-order valence-electron chi connectivity index (χ1n) is 7.35. The number of nitrogens with two attached hydrogens (primary N) is 2. The van der Waals surface area contributed by atoms with Gasteiger partial charge in [0.1, 0.15) is 5.00 Å². The van der Waals surface area contributed by atoms with Gasteiger partial charge in [-0.3, -0.25) is 10.1 Å². The van der Waals surface area contributed by atoms with Crippen LogP contribution >= 0.6 is 11.3 Å². The highest BCUT2D eigenvalue weighted by atomic mass is 32.1. The molecule has 0 spiro atoms. The molecule has 0 unspecified atom stereocenters. The van der Waals surface area contributed by atoms with Crippen molar-refractivity contribution in [2.75, 3.05) is 5.32 Å². The van der Waals surface area contributed by atoms with Crippen molar-refractivity contribution in [2.45, 2.75) is 25.4 Å². The highest BCUT2D eigenvalue weighted by Crippen LogP contribution is 2.35. The number of rotatable bonds is 6. The van der Waals surface area contributed by atoms with Crippen LogP contribution in [0.1, 0.15) is 28.8 Å². The van der Waals surface area contributed by atoms with Crippen LogP contribution in [0.2, 0.25) is 0 Å². The van der Waals surface area contributed by atoms with Gasteiger partial charge in [-0.15, -0.1) is 11.3 Å². The summed E-state index contributed by atoms with van der Waals surface area (Å²) in [5.74, 6) is -0.596. The second kappa shape index (κ2) is 6.39. The number of carbonyl (C=O) groups is 2. The monoisotopic (exact) mass is 330 g/mol. The smallest absolute Gasteiger partial charge is 0.317 e. The van der Waals surface area contributed by atoms with Gasteiger partial charge in [0.25, 0.3) is 5.91 Å². The van der Waals surface area contributed by atoms with Crippen molar-refractivity contribution in [1.82, 2.24) is 5.32 Å². The largest absolute Gasteiger partial charge is 0.366 e. The molecule has 7 heteroatoms. The van der Waals surface area contributed by atoms with Gasteiger partial charge in [-0.05, 0) is 30.0 Å². The number of hydrogen-bond donors (Lipinski definition) is 4. The minimum absolute atomic E-state index is 0.267. The van der Waals surface area contributed by atoms with Gasteiger partial charge >= 0.3 is 6.03 Å². The Balaban J connectivity index is 1.79. The van der Waals surface area contributed by atoms with E-state index in [-0.39, 0.29) is 5.56 Å². The Bertz CT molecular complexity index is 735. The van der Waals surface area contributed by atoms with Gasteiger partial charge < -0.3 is 16.8 Å². The van der Waals surface area contributed by atoms with Gasteiger partial charge in [-0.25, -0.2) is 4.79 Å². The second-order valence-electron chi connectivity index (χ2n) is 5.56.